The van der Waals surface area contributed by atoms with Crippen molar-refractivity contribution in [1.29, 1.82) is 0 Å². The number of phenolic OH excluding ortho intramolecular Hbond substituents is 2. The van der Waals surface area contributed by atoms with Crippen LogP contribution in [0.5, 0.6) is 11.5 Å². The Hall–Kier alpha value is -1.67. The lowest BCUT2D eigenvalue weighted by atomic mass is 9.83. The molecular weight excluding hydrogens is 482 g/mol. The second kappa shape index (κ2) is 7.87. The Morgan fingerprint density at radius 1 is 0.724 bits per heavy atom. The summed E-state index contributed by atoms with van der Waals surface area (Å²) in [5.41, 5.74) is -0.668. The quantitative estimate of drug-likeness (QED) is 0.311. The SMILES string of the molecule is O=S(=O)(O)C(c1cc(Cl)cc(Cl)c1)(c1ccccc1O)c1cc(Cl)cc(O)c1Cl. The molecule has 1 unspecified atom stereocenters. The van der Waals surface area contributed by atoms with Crippen molar-refractivity contribution in [2.24, 2.45) is 0 Å². The molecule has 3 N–H and O–H groups in total. The molecular formula is C19H12Cl4O5S. The molecule has 0 heterocycles. The highest BCUT2D eigenvalue weighted by Crippen LogP contribution is 2.51. The average molecular weight is 494 g/mol. The zero-order valence-electron chi connectivity index (χ0n) is 14.3. The highest BCUT2D eigenvalue weighted by Gasteiger charge is 2.52. The predicted molar refractivity (Wildman–Crippen MR) is 114 cm³/mol. The third kappa shape index (κ3) is 3.77. The topological polar surface area (TPSA) is 94.8 Å². The fourth-order valence-corrected chi connectivity index (χ4v) is 5.59. The van der Waals surface area contributed by atoms with Crippen LogP contribution in [0, 0.1) is 0 Å². The monoisotopic (exact) mass is 492 g/mol. The highest BCUT2D eigenvalue weighted by atomic mass is 35.5. The largest absolute Gasteiger partial charge is 0.508 e. The smallest absolute Gasteiger partial charge is 0.283 e. The second-order valence-electron chi connectivity index (χ2n) is 6.12. The van der Waals surface area contributed by atoms with Gasteiger partial charge in [-0.1, -0.05) is 64.6 Å². The van der Waals surface area contributed by atoms with E-state index in [1.807, 2.05) is 0 Å². The third-order valence-corrected chi connectivity index (χ3v) is 6.84. The van der Waals surface area contributed by atoms with E-state index in [0.717, 1.165) is 6.07 Å². The van der Waals surface area contributed by atoms with Gasteiger partial charge in [0, 0.05) is 32.3 Å². The zero-order chi connectivity index (χ0) is 21.6. The molecule has 3 rings (SSSR count). The van der Waals surface area contributed by atoms with Crippen LogP contribution in [0.3, 0.4) is 0 Å². The maximum atomic E-state index is 13.0. The number of phenols is 2. The summed E-state index contributed by atoms with van der Waals surface area (Å²) in [6.07, 6.45) is 0. The summed E-state index contributed by atoms with van der Waals surface area (Å²) in [5, 5.41) is 20.4. The van der Waals surface area contributed by atoms with Gasteiger partial charge in [0.25, 0.3) is 10.1 Å². The maximum Gasteiger partial charge on any atom is 0.283 e. The summed E-state index contributed by atoms with van der Waals surface area (Å²) in [7, 11) is -5.13. The molecule has 0 radical (unpaired) electrons. The van der Waals surface area contributed by atoms with Gasteiger partial charge in [-0.25, -0.2) is 0 Å². The first kappa shape index (κ1) is 22.0. The number of benzene rings is 3. The van der Waals surface area contributed by atoms with Gasteiger partial charge in [-0.05, 0) is 35.9 Å². The minimum absolute atomic E-state index is 0.0570. The van der Waals surface area contributed by atoms with Crippen LogP contribution < -0.4 is 0 Å². The van der Waals surface area contributed by atoms with Crippen LogP contribution >= 0.6 is 46.4 Å². The van der Waals surface area contributed by atoms with Gasteiger partial charge < -0.3 is 10.2 Å². The Balaban J connectivity index is 2.65. The van der Waals surface area contributed by atoms with Crippen LogP contribution in [0.2, 0.25) is 20.1 Å². The van der Waals surface area contributed by atoms with Gasteiger partial charge in [0.1, 0.15) is 11.5 Å². The Labute approximate surface area is 186 Å². The average Bonchev–Trinajstić information content (AvgIpc) is 2.59. The molecule has 0 aliphatic rings. The number of aromatic hydroxyl groups is 2. The van der Waals surface area contributed by atoms with Crippen LogP contribution in [0.15, 0.2) is 54.6 Å². The molecule has 152 valence electrons. The molecule has 0 saturated heterocycles. The zero-order valence-corrected chi connectivity index (χ0v) is 18.1. The van der Waals surface area contributed by atoms with E-state index in [0.29, 0.717) is 0 Å². The summed E-state index contributed by atoms with van der Waals surface area (Å²) in [4.78, 5) is 0. The molecule has 0 aliphatic heterocycles. The summed E-state index contributed by atoms with van der Waals surface area (Å²) >= 11 is 24.5. The van der Waals surface area contributed by atoms with Crippen molar-refractivity contribution < 1.29 is 23.2 Å². The minimum atomic E-state index is -5.13. The molecule has 10 heteroatoms. The van der Waals surface area contributed by atoms with Gasteiger partial charge >= 0.3 is 0 Å². The number of halogens is 4. The van der Waals surface area contributed by atoms with Gasteiger partial charge in [0.15, 0.2) is 4.75 Å². The normalized spacial score (nSPS) is 13.8. The van der Waals surface area contributed by atoms with Gasteiger partial charge in [0.05, 0.1) is 5.02 Å². The molecule has 29 heavy (non-hydrogen) atoms. The fraction of sp³-hybridized carbons (Fsp3) is 0.0526. The van der Waals surface area contributed by atoms with E-state index >= 15 is 0 Å². The van der Waals surface area contributed by atoms with E-state index in [2.05, 4.69) is 0 Å². The molecule has 3 aromatic carbocycles. The first-order chi connectivity index (χ1) is 13.5. The van der Waals surface area contributed by atoms with Crippen molar-refractivity contribution in [2.75, 3.05) is 0 Å². The first-order valence-corrected chi connectivity index (χ1v) is 10.8. The molecule has 1 atom stereocenters. The number of para-hydroxylation sites is 1. The Kier molecular flexibility index (Phi) is 5.98. The van der Waals surface area contributed by atoms with Crippen LogP contribution in [0.1, 0.15) is 16.7 Å². The van der Waals surface area contributed by atoms with Crippen LogP contribution in [0.25, 0.3) is 0 Å². The molecule has 0 aromatic heterocycles. The standard InChI is InChI=1S/C19H12Cl4O5S/c20-11-5-10(6-12(21)7-11)19(29(26,27)28,14-3-1-2-4-16(14)24)15-8-13(22)9-17(25)18(15)23/h1-9,24-25H,(H,26,27,28). The van der Waals surface area contributed by atoms with Gasteiger partial charge in [-0.15, -0.1) is 0 Å². The molecule has 0 bridgehead atoms. The van der Waals surface area contributed by atoms with E-state index in [1.165, 1.54) is 48.5 Å². The summed E-state index contributed by atoms with van der Waals surface area (Å²) in [6.45, 7) is 0. The third-order valence-electron chi connectivity index (χ3n) is 4.34. The molecule has 0 spiro atoms. The lowest BCUT2D eigenvalue weighted by molar-refractivity contribution is 0.439. The second-order valence-corrected chi connectivity index (χ2v) is 9.37. The van der Waals surface area contributed by atoms with Crippen molar-refractivity contribution in [2.45, 2.75) is 4.75 Å². The lowest BCUT2D eigenvalue weighted by Crippen LogP contribution is -2.38. The van der Waals surface area contributed by atoms with Crippen molar-refractivity contribution in [3.63, 3.8) is 0 Å². The molecule has 5 nitrogen and oxygen atoms in total. The summed E-state index contributed by atoms with van der Waals surface area (Å²) in [5.74, 6) is -0.984. The van der Waals surface area contributed by atoms with E-state index in [4.69, 9.17) is 46.4 Å². The van der Waals surface area contributed by atoms with Crippen molar-refractivity contribution >= 4 is 56.5 Å². The Bertz CT molecular complexity index is 1190. The highest BCUT2D eigenvalue weighted by molar-refractivity contribution is 7.87. The van der Waals surface area contributed by atoms with Crippen molar-refractivity contribution in [3.8, 4) is 11.5 Å². The number of rotatable bonds is 4. The molecule has 0 fully saturated rings. The van der Waals surface area contributed by atoms with E-state index in [9.17, 15) is 23.2 Å². The van der Waals surface area contributed by atoms with Gasteiger partial charge in [-0.2, -0.15) is 8.42 Å². The first-order valence-electron chi connectivity index (χ1n) is 7.89. The van der Waals surface area contributed by atoms with Crippen molar-refractivity contribution in [3.05, 3.63) is 91.4 Å². The van der Waals surface area contributed by atoms with Crippen LogP contribution in [-0.4, -0.2) is 23.2 Å². The van der Waals surface area contributed by atoms with Gasteiger partial charge in [0.2, 0.25) is 0 Å². The van der Waals surface area contributed by atoms with Crippen LogP contribution in [-0.2, 0) is 14.9 Å². The predicted octanol–water partition coefficient (Wildman–Crippen LogP) is 5.89. The number of hydrogen-bond acceptors (Lipinski definition) is 4. The maximum absolute atomic E-state index is 13.0. The molecule has 3 aromatic rings. The Morgan fingerprint density at radius 2 is 1.28 bits per heavy atom. The summed E-state index contributed by atoms with van der Waals surface area (Å²) in [6, 6.07) is 11.6. The Morgan fingerprint density at radius 3 is 1.83 bits per heavy atom. The summed E-state index contributed by atoms with van der Waals surface area (Å²) < 4.78 is 33.9. The number of hydrogen-bond donors (Lipinski definition) is 3. The fourth-order valence-electron chi connectivity index (χ4n) is 3.24. The molecule has 0 aliphatic carbocycles. The lowest BCUT2D eigenvalue weighted by Gasteiger charge is -2.34. The van der Waals surface area contributed by atoms with Crippen molar-refractivity contribution in [1.82, 2.24) is 0 Å². The van der Waals surface area contributed by atoms with E-state index < -0.39 is 31.4 Å². The van der Waals surface area contributed by atoms with Gasteiger partial charge in [-0.3, -0.25) is 4.55 Å². The minimum Gasteiger partial charge on any atom is -0.508 e. The van der Waals surface area contributed by atoms with E-state index in [-0.39, 0.29) is 31.8 Å². The van der Waals surface area contributed by atoms with Crippen LogP contribution in [0.4, 0.5) is 0 Å². The molecule has 0 saturated carbocycles. The van der Waals surface area contributed by atoms with E-state index in [1.54, 1.807) is 0 Å². The molecule has 0 amide bonds.